The van der Waals surface area contributed by atoms with Crippen LogP contribution in [0.25, 0.3) is 0 Å². The topological polar surface area (TPSA) is 85.4 Å². The minimum atomic E-state index is -0.137. The van der Waals surface area contributed by atoms with Crippen LogP contribution in [0.2, 0.25) is 0 Å². The Balaban J connectivity index is 1.83. The summed E-state index contributed by atoms with van der Waals surface area (Å²) in [5, 5.41) is 8.51. The molecule has 102 valence electrons. The molecule has 2 heterocycles. The van der Waals surface area contributed by atoms with Crippen LogP contribution in [0, 0.1) is 6.92 Å². The molecule has 19 heavy (non-hydrogen) atoms. The molecule has 1 saturated carbocycles. The summed E-state index contributed by atoms with van der Waals surface area (Å²) >= 11 is 0. The summed E-state index contributed by atoms with van der Waals surface area (Å²) < 4.78 is 2.24. The number of nitrogens with one attached hydrogen (secondary N) is 1. The zero-order valence-corrected chi connectivity index (χ0v) is 11.2. The molecule has 3 rings (SSSR count). The number of imidazole rings is 1. The molecular weight excluding hydrogens is 240 g/mol. The van der Waals surface area contributed by atoms with Crippen LogP contribution in [0.15, 0.2) is 12.5 Å². The molecule has 6 nitrogen and oxygen atoms in total. The minimum absolute atomic E-state index is 0.137. The maximum absolute atomic E-state index is 6.30. The normalized spacial score (nSPS) is 18.0. The van der Waals surface area contributed by atoms with E-state index in [0.29, 0.717) is 12.5 Å². The number of hydrogen-bond acceptors (Lipinski definition) is 4. The molecule has 3 N–H and O–H groups in total. The lowest BCUT2D eigenvalue weighted by Crippen LogP contribution is -2.21. The molecule has 0 radical (unpaired) electrons. The van der Waals surface area contributed by atoms with Crippen LogP contribution in [-0.2, 0) is 6.42 Å². The lowest BCUT2D eigenvalue weighted by atomic mass is 10.1. The second-order valence-electron chi connectivity index (χ2n) is 5.30. The van der Waals surface area contributed by atoms with E-state index in [1.54, 1.807) is 6.33 Å². The molecule has 0 amide bonds. The fourth-order valence-electron chi connectivity index (χ4n) is 2.98. The van der Waals surface area contributed by atoms with E-state index < -0.39 is 0 Å². The van der Waals surface area contributed by atoms with E-state index in [9.17, 15) is 0 Å². The predicted octanol–water partition coefficient (Wildman–Crippen LogP) is 1.67. The van der Waals surface area contributed by atoms with Gasteiger partial charge in [-0.3, -0.25) is 0 Å². The van der Waals surface area contributed by atoms with Gasteiger partial charge < -0.3 is 15.3 Å². The van der Waals surface area contributed by atoms with Gasteiger partial charge in [0.2, 0.25) is 0 Å². The van der Waals surface area contributed by atoms with Gasteiger partial charge in [-0.25, -0.2) is 4.98 Å². The molecule has 6 heteroatoms. The maximum Gasteiger partial charge on any atom is 0.150 e. The van der Waals surface area contributed by atoms with Gasteiger partial charge in [0.15, 0.2) is 5.82 Å². The van der Waals surface area contributed by atoms with Crippen LogP contribution in [-0.4, -0.2) is 24.7 Å². The van der Waals surface area contributed by atoms with Gasteiger partial charge in [0.1, 0.15) is 5.82 Å². The predicted molar refractivity (Wildman–Crippen MR) is 71.5 cm³/mol. The van der Waals surface area contributed by atoms with Crippen molar-refractivity contribution in [3.05, 3.63) is 29.9 Å². The van der Waals surface area contributed by atoms with E-state index in [1.807, 2.05) is 13.1 Å². The van der Waals surface area contributed by atoms with Crippen molar-refractivity contribution in [3.63, 3.8) is 0 Å². The molecule has 1 atom stereocenters. The van der Waals surface area contributed by atoms with E-state index in [2.05, 4.69) is 24.7 Å². The van der Waals surface area contributed by atoms with Crippen molar-refractivity contribution in [3.8, 4) is 0 Å². The van der Waals surface area contributed by atoms with Crippen LogP contribution < -0.4 is 5.73 Å². The molecule has 0 aliphatic heterocycles. The Bertz CT molecular complexity index is 523. The summed E-state index contributed by atoms with van der Waals surface area (Å²) in [4.78, 5) is 7.11. The van der Waals surface area contributed by atoms with Crippen molar-refractivity contribution in [2.45, 2.75) is 51.1 Å². The molecule has 1 aliphatic rings. The van der Waals surface area contributed by atoms with Crippen molar-refractivity contribution < 1.29 is 0 Å². The van der Waals surface area contributed by atoms with Crippen LogP contribution in [0.4, 0.5) is 0 Å². The zero-order chi connectivity index (χ0) is 13.2. The number of rotatable bonds is 4. The van der Waals surface area contributed by atoms with Crippen molar-refractivity contribution >= 4 is 0 Å². The summed E-state index contributed by atoms with van der Waals surface area (Å²) in [7, 11) is 0. The van der Waals surface area contributed by atoms with Gasteiger partial charge in [0.05, 0.1) is 12.4 Å². The second kappa shape index (κ2) is 5.13. The zero-order valence-electron chi connectivity index (χ0n) is 11.2. The summed E-state index contributed by atoms with van der Waals surface area (Å²) in [5.41, 5.74) is 7.33. The first-order chi connectivity index (χ1) is 9.25. The Morgan fingerprint density at radius 3 is 2.89 bits per heavy atom. The SMILES string of the molecule is Cc1nnc(C(N)Cc2cnc[nH]2)n1C1CCCC1. The Morgan fingerprint density at radius 2 is 2.21 bits per heavy atom. The van der Waals surface area contributed by atoms with E-state index in [1.165, 1.54) is 25.7 Å². The standard InChI is InChI=1S/C13H20N6/c1-9-17-18-13(19(9)11-4-2-3-5-11)12(14)6-10-7-15-8-16-10/h7-8,11-12H,2-6,14H2,1H3,(H,15,16). The second-order valence-corrected chi connectivity index (χ2v) is 5.30. The molecule has 1 unspecified atom stereocenters. The lowest BCUT2D eigenvalue weighted by molar-refractivity contribution is 0.465. The lowest BCUT2D eigenvalue weighted by Gasteiger charge is -2.18. The Labute approximate surface area is 112 Å². The number of hydrogen-bond donors (Lipinski definition) is 2. The highest BCUT2D eigenvalue weighted by Gasteiger charge is 2.25. The molecule has 0 saturated heterocycles. The summed E-state index contributed by atoms with van der Waals surface area (Å²) in [6.07, 6.45) is 9.20. The quantitative estimate of drug-likeness (QED) is 0.875. The molecule has 0 aromatic carbocycles. The van der Waals surface area contributed by atoms with Gasteiger partial charge in [0.25, 0.3) is 0 Å². The molecule has 0 spiro atoms. The van der Waals surface area contributed by atoms with E-state index in [0.717, 1.165) is 17.3 Å². The molecule has 1 fully saturated rings. The number of H-pyrrole nitrogens is 1. The van der Waals surface area contributed by atoms with Crippen molar-refractivity contribution in [1.82, 2.24) is 24.7 Å². The fraction of sp³-hybridized carbons (Fsp3) is 0.615. The van der Waals surface area contributed by atoms with Gasteiger partial charge in [-0.2, -0.15) is 0 Å². The fourth-order valence-corrected chi connectivity index (χ4v) is 2.98. The van der Waals surface area contributed by atoms with Gasteiger partial charge in [-0.1, -0.05) is 12.8 Å². The highest BCUT2D eigenvalue weighted by atomic mass is 15.3. The molecular formula is C13H20N6. The Morgan fingerprint density at radius 1 is 1.42 bits per heavy atom. The van der Waals surface area contributed by atoms with Crippen molar-refractivity contribution in [2.75, 3.05) is 0 Å². The van der Waals surface area contributed by atoms with Crippen LogP contribution in [0.3, 0.4) is 0 Å². The average Bonchev–Trinajstić information content (AvgIpc) is 3.08. The molecule has 2 aromatic rings. The first kappa shape index (κ1) is 12.3. The van der Waals surface area contributed by atoms with Crippen molar-refractivity contribution in [1.29, 1.82) is 0 Å². The number of nitrogens with two attached hydrogens (primary N) is 1. The van der Waals surface area contributed by atoms with Crippen LogP contribution >= 0.6 is 0 Å². The Hall–Kier alpha value is -1.69. The number of nitrogens with zero attached hydrogens (tertiary/aromatic N) is 4. The minimum Gasteiger partial charge on any atom is -0.348 e. The highest BCUT2D eigenvalue weighted by molar-refractivity contribution is 5.07. The molecule has 1 aliphatic carbocycles. The Kier molecular flexibility index (Phi) is 3.33. The largest absolute Gasteiger partial charge is 0.348 e. The van der Waals surface area contributed by atoms with E-state index in [4.69, 9.17) is 5.73 Å². The number of aryl methyl sites for hydroxylation is 1. The third-order valence-corrected chi connectivity index (χ3v) is 3.91. The average molecular weight is 260 g/mol. The summed E-state index contributed by atoms with van der Waals surface area (Å²) in [6, 6.07) is 0.389. The third-order valence-electron chi connectivity index (χ3n) is 3.91. The molecule has 2 aromatic heterocycles. The molecule has 0 bridgehead atoms. The van der Waals surface area contributed by atoms with Crippen molar-refractivity contribution in [2.24, 2.45) is 5.73 Å². The smallest absolute Gasteiger partial charge is 0.150 e. The first-order valence-corrected chi connectivity index (χ1v) is 6.90. The van der Waals surface area contributed by atoms with Gasteiger partial charge >= 0.3 is 0 Å². The maximum atomic E-state index is 6.30. The third kappa shape index (κ3) is 2.40. The van der Waals surface area contributed by atoms with E-state index in [-0.39, 0.29) is 6.04 Å². The van der Waals surface area contributed by atoms with Gasteiger partial charge in [-0.15, -0.1) is 10.2 Å². The summed E-state index contributed by atoms with van der Waals surface area (Å²) in [5.74, 6) is 1.88. The highest BCUT2D eigenvalue weighted by Crippen LogP contribution is 2.32. The first-order valence-electron chi connectivity index (χ1n) is 6.90. The number of aromatic nitrogens is 5. The van der Waals surface area contributed by atoms with E-state index >= 15 is 0 Å². The monoisotopic (exact) mass is 260 g/mol. The summed E-state index contributed by atoms with van der Waals surface area (Å²) in [6.45, 7) is 2.01. The number of aromatic amines is 1. The van der Waals surface area contributed by atoms with Gasteiger partial charge in [0, 0.05) is 24.4 Å². The van der Waals surface area contributed by atoms with Crippen LogP contribution in [0.5, 0.6) is 0 Å². The van der Waals surface area contributed by atoms with Crippen LogP contribution in [0.1, 0.15) is 55.1 Å². The van der Waals surface area contributed by atoms with Gasteiger partial charge in [-0.05, 0) is 19.8 Å².